The molecule has 0 spiro atoms. The van der Waals surface area contributed by atoms with E-state index in [9.17, 15) is 18.0 Å². The maximum atomic E-state index is 12.0. The van der Waals surface area contributed by atoms with E-state index in [0.717, 1.165) is 4.47 Å². The molecule has 22 heavy (non-hydrogen) atoms. The van der Waals surface area contributed by atoms with Gasteiger partial charge in [0.25, 0.3) is 0 Å². The van der Waals surface area contributed by atoms with Crippen molar-refractivity contribution < 1.29 is 22.7 Å². The fourth-order valence-electron chi connectivity index (χ4n) is 1.73. The summed E-state index contributed by atoms with van der Waals surface area (Å²) in [6.45, 7) is 0. The van der Waals surface area contributed by atoms with E-state index in [2.05, 4.69) is 26.0 Å². The lowest BCUT2D eigenvalue weighted by Crippen LogP contribution is -2.17. The number of alkyl halides is 3. The van der Waals surface area contributed by atoms with Gasteiger partial charge >= 0.3 is 6.36 Å². The van der Waals surface area contributed by atoms with Gasteiger partial charge in [-0.05, 0) is 42.0 Å². The molecule has 0 atom stereocenters. The third kappa shape index (κ3) is 5.40. The molecule has 0 aliphatic rings. The maximum absolute atomic E-state index is 12.0. The smallest absolute Gasteiger partial charge is 0.406 e. The summed E-state index contributed by atoms with van der Waals surface area (Å²) in [5.41, 5.74) is 1.23. The van der Waals surface area contributed by atoms with Gasteiger partial charge in [0, 0.05) is 10.2 Å². The Morgan fingerprint density at radius 1 is 1.05 bits per heavy atom. The Bertz CT molecular complexity index is 639. The van der Waals surface area contributed by atoms with E-state index in [-0.39, 0.29) is 18.1 Å². The van der Waals surface area contributed by atoms with Gasteiger partial charge in [-0.25, -0.2) is 0 Å². The summed E-state index contributed by atoms with van der Waals surface area (Å²) in [5, 5.41) is 2.70. The highest BCUT2D eigenvalue weighted by molar-refractivity contribution is 9.10. The van der Waals surface area contributed by atoms with Crippen LogP contribution in [0.15, 0.2) is 53.0 Å². The van der Waals surface area contributed by atoms with Crippen molar-refractivity contribution in [3.05, 3.63) is 58.6 Å². The van der Waals surface area contributed by atoms with E-state index >= 15 is 0 Å². The van der Waals surface area contributed by atoms with Crippen LogP contribution >= 0.6 is 15.9 Å². The van der Waals surface area contributed by atoms with Gasteiger partial charge in [-0.2, -0.15) is 0 Å². The molecule has 7 heteroatoms. The van der Waals surface area contributed by atoms with Gasteiger partial charge < -0.3 is 10.1 Å². The van der Waals surface area contributed by atoms with Crippen molar-refractivity contribution in [2.24, 2.45) is 0 Å². The summed E-state index contributed by atoms with van der Waals surface area (Å²) in [4.78, 5) is 11.8. The van der Waals surface area contributed by atoms with Gasteiger partial charge in [-0.1, -0.05) is 28.1 Å². The Kier molecular flexibility index (Phi) is 5.07. The summed E-state index contributed by atoms with van der Waals surface area (Å²) in [6, 6.07) is 12.2. The molecule has 0 saturated heterocycles. The molecule has 0 radical (unpaired) electrons. The van der Waals surface area contributed by atoms with Gasteiger partial charge in [0.05, 0.1) is 6.42 Å². The lowest BCUT2D eigenvalue weighted by atomic mass is 10.1. The van der Waals surface area contributed by atoms with Crippen LogP contribution in [0.3, 0.4) is 0 Å². The molecular weight excluding hydrogens is 363 g/mol. The number of hydrogen-bond donors (Lipinski definition) is 1. The second-order valence-electron chi connectivity index (χ2n) is 4.42. The first kappa shape index (κ1) is 16.4. The third-order valence-electron chi connectivity index (χ3n) is 2.65. The number of ether oxygens (including phenoxy) is 1. The Hall–Kier alpha value is -2.02. The van der Waals surface area contributed by atoms with Crippen molar-refractivity contribution in [1.29, 1.82) is 0 Å². The number of halogens is 4. The van der Waals surface area contributed by atoms with E-state index in [1.54, 1.807) is 24.3 Å². The van der Waals surface area contributed by atoms with Crippen LogP contribution in [0.2, 0.25) is 0 Å². The van der Waals surface area contributed by atoms with Crippen LogP contribution < -0.4 is 10.1 Å². The Balaban J connectivity index is 1.93. The van der Waals surface area contributed by atoms with Crippen molar-refractivity contribution in [2.45, 2.75) is 12.8 Å². The molecular formula is C15H11BrF3NO2. The van der Waals surface area contributed by atoms with E-state index in [0.29, 0.717) is 11.3 Å². The number of carbonyl (C=O) groups is 1. The molecule has 2 rings (SSSR count). The summed E-state index contributed by atoms with van der Waals surface area (Å²) >= 11 is 3.29. The normalized spacial score (nSPS) is 11.1. The van der Waals surface area contributed by atoms with Crippen LogP contribution in [0.1, 0.15) is 5.56 Å². The molecule has 0 bridgehead atoms. The molecule has 0 unspecified atom stereocenters. The Morgan fingerprint density at radius 3 is 2.18 bits per heavy atom. The predicted molar refractivity (Wildman–Crippen MR) is 79.6 cm³/mol. The molecule has 0 fully saturated rings. The molecule has 0 aromatic heterocycles. The lowest BCUT2D eigenvalue weighted by Gasteiger charge is -2.09. The number of amides is 1. The van der Waals surface area contributed by atoms with Gasteiger partial charge in [0.15, 0.2) is 0 Å². The summed E-state index contributed by atoms with van der Waals surface area (Å²) < 4.78 is 40.8. The molecule has 1 amide bonds. The molecule has 0 heterocycles. The number of benzene rings is 2. The summed E-state index contributed by atoms with van der Waals surface area (Å²) in [7, 11) is 0. The minimum absolute atomic E-state index is 0.0579. The molecule has 1 N–H and O–H groups in total. The van der Waals surface area contributed by atoms with Crippen molar-refractivity contribution in [2.75, 3.05) is 5.32 Å². The second-order valence-corrected chi connectivity index (χ2v) is 5.34. The first-order chi connectivity index (χ1) is 10.3. The topological polar surface area (TPSA) is 38.3 Å². The monoisotopic (exact) mass is 373 g/mol. The number of hydrogen-bond acceptors (Lipinski definition) is 2. The quantitative estimate of drug-likeness (QED) is 0.854. The van der Waals surface area contributed by atoms with Gasteiger partial charge in [0.2, 0.25) is 5.91 Å². The van der Waals surface area contributed by atoms with Crippen molar-refractivity contribution in [3.63, 3.8) is 0 Å². The number of carbonyl (C=O) groups excluding carboxylic acids is 1. The van der Waals surface area contributed by atoms with E-state index in [1.807, 2.05) is 0 Å². The summed E-state index contributed by atoms with van der Waals surface area (Å²) in [5.74, 6) is -0.573. The Morgan fingerprint density at radius 2 is 1.64 bits per heavy atom. The Labute approximate surface area is 133 Å². The zero-order valence-corrected chi connectivity index (χ0v) is 12.7. The zero-order valence-electron chi connectivity index (χ0n) is 11.2. The molecule has 2 aromatic carbocycles. The van der Waals surface area contributed by atoms with Crippen LogP contribution in [0, 0.1) is 0 Å². The highest BCUT2D eigenvalue weighted by Gasteiger charge is 2.30. The van der Waals surface area contributed by atoms with Crippen molar-refractivity contribution in [3.8, 4) is 5.75 Å². The fraction of sp³-hybridized carbons (Fsp3) is 0.133. The molecule has 0 aliphatic heterocycles. The van der Waals surface area contributed by atoms with E-state index in [1.165, 1.54) is 24.3 Å². The third-order valence-corrected chi connectivity index (χ3v) is 3.18. The highest BCUT2D eigenvalue weighted by atomic mass is 79.9. The first-order valence-electron chi connectivity index (χ1n) is 6.22. The van der Waals surface area contributed by atoms with Crippen LogP contribution in [0.5, 0.6) is 5.75 Å². The molecule has 2 aromatic rings. The highest BCUT2D eigenvalue weighted by Crippen LogP contribution is 2.23. The largest absolute Gasteiger partial charge is 0.573 e. The molecule has 3 nitrogen and oxygen atoms in total. The minimum atomic E-state index is -4.72. The second kappa shape index (κ2) is 6.83. The fourth-order valence-corrected chi connectivity index (χ4v) is 2.00. The molecule has 116 valence electrons. The van der Waals surface area contributed by atoms with Crippen molar-refractivity contribution in [1.82, 2.24) is 0 Å². The molecule has 0 saturated carbocycles. The van der Waals surface area contributed by atoms with Crippen LogP contribution in [-0.2, 0) is 11.2 Å². The van der Waals surface area contributed by atoms with Crippen LogP contribution in [-0.4, -0.2) is 12.3 Å². The van der Waals surface area contributed by atoms with Crippen LogP contribution in [0.25, 0.3) is 0 Å². The number of anilines is 1. The number of nitrogens with one attached hydrogen (secondary N) is 1. The SMILES string of the molecule is O=C(Cc1ccc(OC(F)(F)F)cc1)Nc1ccc(Br)cc1. The minimum Gasteiger partial charge on any atom is -0.406 e. The van der Waals surface area contributed by atoms with Gasteiger partial charge in [-0.15, -0.1) is 13.2 Å². The van der Waals surface area contributed by atoms with Gasteiger partial charge in [0.1, 0.15) is 5.75 Å². The van der Waals surface area contributed by atoms with Crippen LogP contribution in [0.4, 0.5) is 18.9 Å². The van der Waals surface area contributed by atoms with Gasteiger partial charge in [-0.3, -0.25) is 4.79 Å². The van der Waals surface area contributed by atoms with Crippen molar-refractivity contribution >= 4 is 27.5 Å². The standard InChI is InChI=1S/C15H11BrF3NO2/c16-11-3-5-12(6-4-11)20-14(21)9-10-1-7-13(8-2-10)22-15(17,18)19/h1-8H,9H2,(H,20,21). The van der Waals surface area contributed by atoms with E-state index in [4.69, 9.17) is 0 Å². The zero-order chi connectivity index (χ0) is 16.2. The summed E-state index contributed by atoms with van der Waals surface area (Å²) in [6.07, 6.45) is -4.66. The first-order valence-corrected chi connectivity index (χ1v) is 7.01. The number of rotatable bonds is 4. The molecule has 0 aliphatic carbocycles. The van der Waals surface area contributed by atoms with E-state index < -0.39 is 6.36 Å². The predicted octanol–water partition coefficient (Wildman–Crippen LogP) is 4.53. The average Bonchev–Trinajstić information content (AvgIpc) is 2.42. The maximum Gasteiger partial charge on any atom is 0.573 e. The lowest BCUT2D eigenvalue weighted by molar-refractivity contribution is -0.274. The average molecular weight is 374 g/mol.